The number of aromatic nitrogens is 5. The molecule has 32 heavy (non-hydrogen) atoms. The van der Waals surface area contributed by atoms with Crippen molar-refractivity contribution in [1.29, 1.82) is 0 Å². The fourth-order valence-corrected chi connectivity index (χ4v) is 4.06. The van der Waals surface area contributed by atoms with Crippen molar-refractivity contribution in [3.63, 3.8) is 0 Å². The number of nitrogens with zero attached hydrogens (tertiary/aromatic N) is 8. The molecule has 9 heteroatoms. The van der Waals surface area contributed by atoms with E-state index < -0.39 is 0 Å². The van der Waals surface area contributed by atoms with Crippen LogP contribution in [0.2, 0.25) is 0 Å². The molecule has 0 spiro atoms. The van der Waals surface area contributed by atoms with Gasteiger partial charge in [0.05, 0.1) is 5.52 Å². The van der Waals surface area contributed by atoms with E-state index in [1.807, 2.05) is 12.3 Å². The molecule has 1 aromatic carbocycles. The predicted octanol–water partition coefficient (Wildman–Crippen LogP) is 2.21. The second-order valence-electron chi connectivity index (χ2n) is 8.42. The molecule has 1 N–H and O–H groups in total. The monoisotopic (exact) mass is 430 g/mol. The predicted molar refractivity (Wildman–Crippen MR) is 122 cm³/mol. The average molecular weight is 431 g/mol. The average Bonchev–Trinajstić information content (AvgIpc) is 3.21. The van der Waals surface area contributed by atoms with E-state index in [9.17, 15) is 0 Å². The van der Waals surface area contributed by atoms with Gasteiger partial charge in [-0.25, -0.2) is 0 Å². The van der Waals surface area contributed by atoms with Crippen molar-refractivity contribution < 1.29 is 5.21 Å². The Morgan fingerprint density at radius 3 is 2.66 bits per heavy atom. The Labute approximate surface area is 186 Å². The Bertz CT molecular complexity index is 1290. The molecule has 0 aliphatic carbocycles. The van der Waals surface area contributed by atoms with Crippen LogP contribution in [0.15, 0.2) is 47.8 Å². The Morgan fingerprint density at radius 1 is 1.03 bits per heavy atom. The number of fused-ring (bicyclic) bond motifs is 2. The number of benzene rings is 1. The highest BCUT2D eigenvalue weighted by Crippen LogP contribution is 2.19. The molecule has 0 unspecified atom stereocenters. The van der Waals surface area contributed by atoms with Gasteiger partial charge in [-0.15, -0.1) is 10.2 Å². The van der Waals surface area contributed by atoms with Gasteiger partial charge in [-0.05, 0) is 55.4 Å². The van der Waals surface area contributed by atoms with E-state index in [1.54, 1.807) is 17.5 Å². The lowest BCUT2D eigenvalue weighted by atomic mass is 10.1. The van der Waals surface area contributed by atoms with Crippen molar-refractivity contribution in [2.75, 3.05) is 33.2 Å². The van der Waals surface area contributed by atoms with Crippen LogP contribution in [-0.4, -0.2) is 78.7 Å². The zero-order valence-corrected chi connectivity index (χ0v) is 18.3. The summed E-state index contributed by atoms with van der Waals surface area (Å²) in [4.78, 5) is 9.52. The first-order chi connectivity index (χ1) is 15.6. The molecule has 0 bridgehead atoms. The van der Waals surface area contributed by atoms with Crippen LogP contribution in [0, 0.1) is 0 Å². The molecule has 0 atom stereocenters. The molecule has 4 heterocycles. The second kappa shape index (κ2) is 8.60. The van der Waals surface area contributed by atoms with Gasteiger partial charge in [-0.3, -0.25) is 9.88 Å². The number of rotatable bonds is 5. The molecule has 164 valence electrons. The minimum Gasteiger partial charge on any atom is -0.411 e. The summed E-state index contributed by atoms with van der Waals surface area (Å²) < 4.78 is 1.70. The molecule has 3 aromatic heterocycles. The zero-order valence-electron chi connectivity index (χ0n) is 18.3. The summed E-state index contributed by atoms with van der Waals surface area (Å²) in [6.45, 7) is 7.02. The summed E-state index contributed by atoms with van der Waals surface area (Å²) in [5, 5.41) is 26.5. The molecule has 0 radical (unpaired) electrons. The molecule has 1 fully saturated rings. The minimum absolute atomic E-state index is 0.441. The van der Waals surface area contributed by atoms with E-state index in [-0.39, 0.29) is 0 Å². The molecular weight excluding hydrogens is 404 g/mol. The molecule has 0 saturated carbocycles. The molecular formula is C23H26N8O. The smallest absolute Gasteiger partial charge is 0.177 e. The number of hydrogen-bond acceptors (Lipinski definition) is 8. The number of likely N-dealkylation sites (N-methyl/N-ethyl adjacent to an activating group) is 1. The topological polar surface area (TPSA) is 95.0 Å². The Morgan fingerprint density at radius 2 is 1.84 bits per heavy atom. The highest BCUT2D eigenvalue weighted by molar-refractivity contribution is 5.96. The standard InChI is InChI=1S/C23H26N8O/c1-16(28-32)20-5-6-22-25-26-23(31(22)27-20)13-17-3-4-21-19(11-17)12-18(14-24-21)15-30-9-7-29(2)8-10-30/h3-6,11-12,14,32H,7-10,13,15H2,1-2H3/b28-16+. The van der Waals surface area contributed by atoms with Crippen molar-refractivity contribution in [1.82, 2.24) is 34.6 Å². The molecule has 1 aliphatic heterocycles. The van der Waals surface area contributed by atoms with Gasteiger partial charge in [-0.1, -0.05) is 11.2 Å². The summed E-state index contributed by atoms with van der Waals surface area (Å²) in [5.74, 6) is 0.730. The van der Waals surface area contributed by atoms with Gasteiger partial charge < -0.3 is 10.1 Å². The summed E-state index contributed by atoms with van der Waals surface area (Å²) in [5.41, 5.74) is 5.01. The van der Waals surface area contributed by atoms with E-state index in [1.165, 1.54) is 5.56 Å². The molecule has 0 amide bonds. The third-order valence-electron chi connectivity index (χ3n) is 6.01. The van der Waals surface area contributed by atoms with Crippen molar-refractivity contribution in [3.8, 4) is 0 Å². The lowest BCUT2D eigenvalue weighted by molar-refractivity contribution is 0.148. The Hall–Kier alpha value is -3.43. The van der Waals surface area contributed by atoms with Gasteiger partial charge in [-0.2, -0.15) is 9.61 Å². The summed E-state index contributed by atoms with van der Waals surface area (Å²) in [6.07, 6.45) is 2.58. The minimum atomic E-state index is 0.441. The number of piperazine rings is 1. The van der Waals surface area contributed by atoms with Crippen molar-refractivity contribution >= 4 is 22.3 Å². The quantitative estimate of drug-likeness (QED) is 0.295. The fraction of sp³-hybridized carbons (Fsp3) is 0.348. The molecule has 4 aromatic rings. The van der Waals surface area contributed by atoms with Crippen LogP contribution in [0.4, 0.5) is 0 Å². The normalized spacial score (nSPS) is 16.2. The third kappa shape index (κ3) is 4.17. The van der Waals surface area contributed by atoms with Crippen molar-refractivity contribution in [2.45, 2.75) is 19.9 Å². The lowest BCUT2D eigenvalue weighted by Crippen LogP contribution is -2.43. The Kier molecular flexibility index (Phi) is 5.50. The maximum absolute atomic E-state index is 9.05. The van der Waals surface area contributed by atoms with Crippen molar-refractivity contribution in [2.24, 2.45) is 5.16 Å². The Balaban J connectivity index is 1.40. The van der Waals surface area contributed by atoms with Crippen LogP contribution >= 0.6 is 0 Å². The highest BCUT2D eigenvalue weighted by atomic mass is 16.4. The van der Waals surface area contributed by atoms with Crippen LogP contribution in [0.25, 0.3) is 16.6 Å². The first-order valence-electron chi connectivity index (χ1n) is 10.8. The second-order valence-corrected chi connectivity index (χ2v) is 8.42. The maximum Gasteiger partial charge on any atom is 0.177 e. The first kappa shape index (κ1) is 20.5. The van der Waals surface area contributed by atoms with Gasteiger partial charge in [0, 0.05) is 50.7 Å². The van der Waals surface area contributed by atoms with Crippen LogP contribution in [0.3, 0.4) is 0 Å². The van der Waals surface area contributed by atoms with Gasteiger partial charge >= 0.3 is 0 Å². The van der Waals surface area contributed by atoms with Crippen LogP contribution < -0.4 is 0 Å². The zero-order chi connectivity index (χ0) is 22.1. The van der Waals surface area contributed by atoms with E-state index in [0.29, 0.717) is 23.5 Å². The maximum atomic E-state index is 9.05. The molecule has 1 aliphatic rings. The largest absolute Gasteiger partial charge is 0.411 e. The molecule has 5 rings (SSSR count). The summed E-state index contributed by atoms with van der Waals surface area (Å²) in [7, 11) is 2.17. The van der Waals surface area contributed by atoms with Crippen LogP contribution in [-0.2, 0) is 13.0 Å². The lowest BCUT2D eigenvalue weighted by Gasteiger charge is -2.32. The van der Waals surface area contributed by atoms with Crippen LogP contribution in [0.1, 0.15) is 29.6 Å². The van der Waals surface area contributed by atoms with E-state index in [2.05, 4.69) is 66.5 Å². The third-order valence-corrected chi connectivity index (χ3v) is 6.01. The first-order valence-corrected chi connectivity index (χ1v) is 10.8. The molecule has 1 saturated heterocycles. The van der Waals surface area contributed by atoms with E-state index >= 15 is 0 Å². The van der Waals surface area contributed by atoms with E-state index in [0.717, 1.165) is 55.0 Å². The van der Waals surface area contributed by atoms with Crippen LogP contribution in [0.5, 0.6) is 0 Å². The van der Waals surface area contributed by atoms with E-state index in [4.69, 9.17) is 5.21 Å². The number of hydrogen-bond donors (Lipinski definition) is 1. The van der Waals surface area contributed by atoms with Gasteiger partial charge in [0.15, 0.2) is 11.5 Å². The fourth-order valence-electron chi connectivity index (χ4n) is 4.06. The number of oxime groups is 1. The molecule has 9 nitrogen and oxygen atoms in total. The summed E-state index contributed by atoms with van der Waals surface area (Å²) in [6, 6.07) is 12.1. The SMILES string of the molecule is C/C(=N\O)c1ccc2nnc(Cc3ccc4ncc(CN5CCN(C)CC5)cc4c3)n2n1. The van der Waals surface area contributed by atoms with Crippen molar-refractivity contribution in [3.05, 3.63) is 65.2 Å². The van der Waals surface area contributed by atoms with Gasteiger partial charge in [0.25, 0.3) is 0 Å². The number of pyridine rings is 1. The van der Waals surface area contributed by atoms with Gasteiger partial charge in [0.1, 0.15) is 11.4 Å². The summed E-state index contributed by atoms with van der Waals surface area (Å²) >= 11 is 0. The van der Waals surface area contributed by atoms with Gasteiger partial charge in [0.2, 0.25) is 0 Å². The highest BCUT2D eigenvalue weighted by Gasteiger charge is 2.15.